The van der Waals surface area contributed by atoms with Crippen molar-refractivity contribution in [3.05, 3.63) is 150 Å². The Hall–Kier alpha value is -3.21. The van der Waals surface area contributed by atoms with Crippen LogP contribution < -0.4 is 0 Å². The fourth-order valence-corrected chi connectivity index (χ4v) is 4.60. The van der Waals surface area contributed by atoms with Crippen LogP contribution in [0.2, 0.25) is 0 Å². The van der Waals surface area contributed by atoms with E-state index in [9.17, 15) is 5.11 Å². The maximum absolute atomic E-state index is 11.4. The van der Waals surface area contributed by atoms with Gasteiger partial charge in [0.25, 0.3) is 0 Å². The number of rotatable bonds is 12. The largest absolute Gasteiger partial charge is 0.507 e. The minimum atomic E-state index is 0. The zero-order chi connectivity index (χ0) is 26.7. The van der Waals surface area contributed by atoms with E-state index in [4.69, 9.17) is 0 Å². The van der Waals surface area contributed by atoms with Gasteiger partial charge in [-0.05, 0) is 48.5 Å². The van der Waals surface area contributed by atoms with Crippen LogP contribution in [0.1, 0.15) is 33.9 Å². The normalized spacial score (nSPS) is 10.7. The van der Waals surface area contributed by atoms with Gasteiger partial charge in [0, 0.05) is 114 Å². The second kappa shape index (κ2) is 16.9. The van der Waals surface area contributed by atoms with Crippen LogP contribution >= 0.6 is 0 Å². The molecule has 1 aromatic carbocycles. The standard InChI is InChI=1S/C32H32N6O.2Zn/c39-32-26(20-37(22-28-12-1-5-16-33-28)23-29-13-2-6-17-34-29)10-9-11-27(32)21-38(24-30-14-3-7-18-35-30)25-31-15-4-8-19-36-31;;/h1-19,39H,20-25H2;;. The summed E-state index contributed by atoms with van der Waals surface area (Å²) >= 11 is 0. The summed E-state index contributed by atoms with van der Waals surface area (Å²) in [4.78, 5) is 22.6. The van der Waals surface area contributed by atoms with Crippen LogP contribution in [-0.2, 0) is 78.2 Å². The van der Waals surface area contributed by atoms with Crippen LogP contribution in [0.5, 0.6) is 5.75 Å². The van der Waals surface area contributed by atoms with E-state index in [-0.39, 0.29) is 39.0 Å². The van der Waals surface area contributed by atoms with Gasteiger partial charge in [0.05, 0.1) is 22.8 Å². The van der Waals surface area contributed by atoms with Gasteiger partial charge in [-0.1, -0.05) is 42.5 Å². The Morgan fingerprint density at radius 1 is 0.415 bits per heavy atom. The van der Waals surface area contributed by atoms with Gasteiger partial charge >= 0.3 is 0 Å². The maximum Gasteiger partial charge on any atom is 0.124 e. The van der Waals surface area contributed by atoms with Crippen molar-refractivity contribution in [2.24, 2.45) is 0 Å². The Kier molecular flexibility index (Phi) is 13.3. The van der Waals surface area contributed by atoms with Crippen molar-refractivity contribution in [2.75, 3.05) is 0 Å². The summed E-state index contributed by atoms with van der Waals surface area (Å²) in [6.07, 6.45) is 7.24. The third kappa shape index (κ3) is 9.98. The molecule has 5 rings (SSSR count). The number of aromatic hydroxyl groups is 1. The molecule has 9 heteroatoms. The second-order valence-corrected chi connectivity index (χ2v) is 9.50. The topological polar surface area (TPSA) is 78.3 Å². The van der Waals surface area contributed by atoms with Gasteiger partial charge in [0.15, 0.2) is 0 Å². The molecular weight excluding hydrogens is 615 g/mol. The first-order chi connectivity index (χ1) is 19.2. The molecule has 0 unspecified atom stereocenters. The van der Waals surface area contributed by atoms with Crippen LogP contribution in [0.4, 0.5) is 0 Å². The molecule has 4 heterocycles. The van der Waals surface area contributed by atoms with Gasteiger partial charge in [-0.15, -0.1) is 0 Å². The van der Waals surface area contributed by atoms with E-state index < -0.39 is 0 Å². The first-order valence-electron chi connectivity index (χ1n) is 13.1. The molecule has 0 atom stereocenters. The summed E-state index contributed by atoms with van der Waals surface area (Å²) in [6, 6.07) is 29.8. The number of para-hydroxylation sites is 1. The molecule has 0 aliphatic heterocycles. The molecule has 0 aliphatic rings. The van der Waals surface area contributed by atoms with Crippen molar-refractivity contribution in [1.29, 1.82) is 0 Å². The number of nitrogens with zero attached hydrogens (tertiary/aromatic N) is 6. The molecular formula is C32H32N6OZn2. The van der Waals surface area contributed by atoms with Crippen LogP contribution in [0, 0.1) is 0 Å². The molecule has 200 valence electrons. The molecule has 41 heavy (non-hydrogen) atoms. The monoisotopic (exact) mass is 644 g/mol. The van der Waals surface area contributed by atoms with Gasteiger partial charge in [-0.3, -0.25) is 29.7 Å². The first-order valence-corrected chi connectivity index (χ1v) is 13.1. The first kappa shape index (κ1) is 32.3. The number of aromatic nitrogens is 4. The average molecular weight is 647 g/mol. The number of hydrogen-bond donors (Lipinski definition) is 1. The quantitative estimate of drug-likeness (QED) is 0.183. The molecule has 0 radical (unpaired) electrons. The second-order valence-electron chi connectivity index (χ2n) is 9.50. The smallest absolute Gasteiger partial charge is 0.124 e. The molecule has 0 saturated carbocycles. The molecule has 0 spiro atoms. The van der Waals surface area contributed by atoms with Gasteiger partial charge in [-0.25, -0.2) is 0 Å². The van der Waals surface area contributed by atoms with Crippen molar-refractivity contribution in [1.82, 2.24) is 29.7 Å². The van der Waals surface area contributed by atoms with E-state index in [1.807, 2.05) is 116 Å². The molecule has 0 saturated heterocycles. The van der Waals surface area contributed by atoms with Crippen molar-refractivity contribution < 1.29 is 44.1 Å². The zero-order valence-electron chi connectivity index (χ0n) is 23.3. The summed E-state index contributed by atoms with van der Waals surface area (Å²) in [7, 11) is 0. The van der Waals surface area contributed by atoms with Crippen LogP contribution in [0.25, 0.3) is 0 Å². The van der Waals surface area contributed by atoms with Crippen LogP contribution in [0.3, 0.4) is 0 Å². The fourth-order valence-electron chi connectivity index (χ4n) is 4.60. The third-order valence-electron chi connectivity index (χ3n) is 6.44. The number of hydrogen-bond acceptors (Lipinski definition) is 7. The minimum absolute atomic E-state index is 0. The summed E-state index contributed by atoms with van der Waals surface area (Å²) in [6.45, 7) is 3.71. The SMILES string of the molecule is Oc1c(CN(Cc2ccccn2)Cc2ccccn2)cccc1CN(Cc1ccccn1)Cc1ccccn1.[Zn].[Zn]. The summed E-state index contributed by atoms with van der Waals surface area (Å²) in [5, 5.41) is 11.4. The summed E-state index contributed by atoms with van der Waals surface area (Å²) in [5.74, 6) is 0.316. The van der Waals surface area contributed by atoms with Gasteiger partial charge < -0.3 is 5.11 Å². The van der Waals surface area contributed by atoms with E-state index >= 15 is 0 Å². The van der Waals surface area contributed by atoms with Crippen LogP contribution in [-0.4, -0.2) is 34.8 Å². The van der Waals surface area contributed by atoms with Crippen molar-refractivity contribution in [3.8, 4) is 5.75 Å². The van der Waals surface area contributed by atoms with Gasteiger partial charge in [0.1, 0.15) is 5.75 Å². The molecule has 0 aliphatic carbocycles. The molecule has 0 amide bonds. The Balaban J connectivity index is 0.00000231. The molecule has 1 N–H and O–H groups in total. The number of pyridine rings is 4. The zero-order valence-corrected chi connectivity index (χ0v) is 29.2. The van der Waals surface area contributed by atoms with Crippen molar-refractivity contribution in [3.63, 3.8) is 0 Å². The van der Waals surface area contributed by atoms with Gasteiger partial charge in [-0.2, -0.15) is 0 Å². The summed E-state index contributed by atoms with van der Waals surface area (Å²) in [5.41, 5.74) is 5.63. The van der Waals surface area contributed by atoms with Crippen LogP contribution in [0.15, 0.2) is 116 Å². The molecule has 7 nitrogen and oxygen atoms in total. The van der Waals surface area contributed by atoms with Crippen molar-refractivity contribution >= 4 is 0 Å². The number of benzene rings is 1. The molecule has 4 aromatic heterocycles. The Morgan fingerprint density at radius 2 is 0.732 bits per heavy atom. The number of phenols is 1. The van der Waals surface area contributed by atoms with Crippen molar-refractivity contribution in [2.45, 2.75) is 39.3 Å². The Bertz CT molecular complexity index is 1240. The predicted octanol–water partition coefficient (Wildman–Crippen LogP) is 5.37. The predicted molar refractivity (Wildman–Crippen MR) is 151 cm³/mol. The minimum Gasteiger partial charge on any atom is -0.507 e. The number of phenolic OH excluding ortho intramolecular Hbond substituents is 1. The summed E-state index contributed by atoms with van der Waals surface area (Å²) < 4.78 is 0. The van der Waals surface area contributed by atoms with E-state index in [0.29, 0.717) is 45.0 Å². The van der Waals surface area contributed by atoms with Gasteiger partial charge in [0.2, 0.25) is 0 Å². The molecule has 0 bridgehead atoms. The average Bonchev–Trinajstić information content (AvgIpc) is 2.97. The van der Waals surface area contributed by atoms with E-state index in [1.165, 1.54) is 0 Å². The molecule has 5 aromatic rings. The molecule has 0 fully saturated rings. The Labute approximate surface area is 267 Å². The van der Waals surface area contributed by atoms with E-state index in [0.717, 1.165) is 33.9 Å². The Morgan fingerprint density at radius 3 is 1.00 bits per heavy atom. The van der Waals surface area contributed by atoms with E-state index in [1.54, 1.807) is 0 Å². The van der Waals surface area contributed by atoms with E-state index in [2.05, 4.69) is 29.7 Å². The maximum atomic E-state index is 11.4. The third-order valence-corrected chi connectivity index (χ3v) is 6.44. The fraction of sp³-hybridized carbons (Fsp3) is 0.188.